The van der Waals surface area contributed by atoms with E-state index in [2.05, 4.69) is 15.5 Å². The van der Waals surface area contributed by atoms with Gasteiger partial charge < -0.3 is 19.3 Å². The summed E-state index contributed by atoms with van der Waals surface area (Å²) in [7, 11) is 0. The van der Waals surface area contributed by atoms with Crippen LogP contribution in [-0.4, -0.2) is 35.2 Å². The summed E-state index contributed by atoms with van der Waals surface area (Å²) in [4.78, 5) is 28.2. The molecule has 2 aromatic rings. The van der Waals surface area contributed by atoms with Crippen LogP contribution in [-0.2, 0) is 20.7 Å². The second-order valence-corrected chi connectivity index (χ2v) is 6.78. The van der Waals surface area contributed by atoms with Crippen molar-refractivity contribution in [2.45, 2.75) is 44.1 Å². The molecular formula is C19H21N3O5. The Morgan fingerprint density at radius 1 is 1.22 bits per heavy atom. The Morgan fingerprint density at radius 2 is 2.07 bits per heavy atom. The van der Waals surface area contributed by atoms with Crippen molar-refractivity contribution in [2.75, 3.05) is 13.2 Å². The Bertz CT molecular complexity index is 830. The molecule has 1 N–H and O–H groups in total. The van der Waals surface area contributed by atoms with E-state index in [0.29, 0.717) is 31.3 Å². The second-order valence-electron chi connectivity index (χ2n) is 6.78. The number of hydrogen-bond acceptors (Lipinski definition) is 7. The Hall–Kier alpha value is -2.90. The molecule has 142 valence electrons. The number of nitrogens with one attached hydrogen (secondary N) is 1. The number of carbonyl (C=O) groups is 2. The zero-order chi connectivity index (χ0) is 18.6. The van der Waals surface area contributed by atoms with Crippen LogP contribution in [0.25, 0.3) is 0 Å². The van der Waals surface area contributed by atoms with E-state index in [9.17, 15) is 9.59 Å². The van der Waals surface area contributed by atoms with E-state index in [1.165, 1.54) is 0 Å². The summed E-state index contributed by atoms with van der Waals surface area (Å²) in [5.74, 6) is 1.53. The number of benzene rings is 1. The lowest BCUT2D eigenvalue weighted by atomic mass is 10.0. The van der Waals surface area contributed by atoms with Crippen molar-refractivity contribution in [1.29, 1.82) is 0 Å². The summed E-state index contributed by atoms with van der Waals surface area (Å²) in [5.41, 5.74) is 0.936. The number of fused-ring (bicyclic) bond motifs is 1. The summed E-state index contributed by atoms with van der Waals surface area (Å²) in [5, 5.41) is 6.79. The molecule has 1 saturated carbocycles. The second kappa shape index (κ2) is 7.77. The average Bonchev–Trinajstić information content (AvgIpc) is 3.43. The van der Waals surface area contributed by atoms with Gasteiger partial charge in [0.05, 0.1) is 19.1 Å². The third-order valence-corrected chi connectivity index (χ3v) is 4.63. The summed E-state index contributed by atoms with van der Waals surface area (Å²) in [6.07, 6.45) is 3.27. The largest absolute Gasteiger partial charge is 0.493 e. The molecule has 1 fully saturated rings. The Balaban J connectivity index is 1.20. The molecule has 2 heterocycles. The summed E-state index contributed by atoms with van der Waals surface area (Å²) in [6, 6.07) is 7.45. The average molecular weight is 371 g/mol. The van der Waals surface area contributed by atoms with Gasteiger partial charge in [-0.25, -0.2) is 0 Å². The molecule has 1 aliphatic carbocycles. The number of hydrogen-bond donors (Lipinski definition) is 1. The number of aryl methyl sites for hydroxylation is 1. The zero-order valence-electron chi connectivity index (χ0n) is 14.8. The van der Waals surface area contributed by atoms with Crippen molar-refractivity contribution in [2.24, 2.45) is 0 Å². The van der Waals surface area contributed by atoms with Crippen molar-refractivity contribution < 1.29 is 23.6 Å². The van der Waals surface area contributed by atoms with Gasteiger partial charge in [0.1, 0.15) is 5.75 Å². The molecule has 0 spiro atoms. The molecule has 1 aromatic heterocycles. The Labute approximate surface area is 156 Å². The van der Waals surface area contributed by atoms with Crippen molar-refractivity contribution in [3.63, 3.8) is 0 Å². The number of ether oxygens (including phenoxy) is 2. The van der Waals surface area contributed by atoms with Crippen molar-refractivity contribution in [3.05, 3.63) is 41.5 Å². The minimum atomic E-state index is -0.469. The quantitative estimate of drug-likeness (QED) is 0.743. The minimum absolute atomic E-state index is 0.0969. The molecule has 1 aromatic carbocycles. The molecule has 0 saturated heterocycles. The summed E-state index contributed by atoms with van der Waals surface area (Å²) in [6.45, 7) is 0.226. The van der Waals surface area contributed by atoms with Crippen LogP contribution in [0.3, 0.4) is 0 Å². The van der Waals surface area contributed by atoms with Crippen LogP contribution in [0.15, 0.2) is 28.8 Å². The molecule has 2 aliphatic rings. The van der Waals surface area contributed by atoms with E-state index in [1.807, 2.05) is 24.3 Å². The van der Waals surface area contributed by atoms with E-state index in [0.717, 1.165) is 30.0 Å². The highest BCUT2D eigenvalue weighted by Gasteiger charge is 2.29. The molecule has 1 aliphatic heterocycles. The van der Waals surface area contributed by atoms with E-state index in [1.54, 1.807) is 0 Å². The molecule has 0 unspecified atom stereocenters. The van der Waals surface area contributed by atoms with E-state index in [-0.39, 0.29) is 25.0 Å². The SMILES string of the molecule is O=C(COC(=O)CCc1nc(C2CC2)no1)N[C@@H]1CCOc2ccccc21. The van der Waals surface area contributed by atoms with Gasteiger partial charge in [-0.2, -0.15) is 4.98 Å². The first-order valence-electron chi connectivity index (χ1n) is 9.18. The standard InChI is InChI=1S/C19H21N3O5/c23-16(20-14-9-10-25-15-4-2-1-3-13(14)15)11-26-18(24)8-7-17-21-19(22-27-17)12-5-6-12/h1-4,12,14H,5-11H2,(H,20,23)/t14-/m1/s1. The lowest BCUT2D eigenvalue weighted by Crippen LogP contribution is -2.35. The topological polar surface area (TPSA) is 104 Å². The number of esters is 1. The van der Waals surface area contributed by atoms with Gasteiger partial charge in [0.25, 0.3) is 5.91 Å². The fourth-order valence-corrected chi connectivity index (χ4v) is 3.03. The molecule has 8 nitrogen and oxygen atoms in total. The van der Waals surface area contributed by atoms with Crippen LogP contribution in [0, 0.1) is 0 Å². The zero-order valence-corrected chi connectivity index (χ0v) is 14.8. The number of aromatic nitrogens is 2. The fourth-order valence-electron chi connectivity index (χ4n) is 3.03. The minimum Gasteiger partial charge on any atom is -0.493 e. The molecule has 0 bridgehead atoms. The summed E-state index contributed by atoms with van der Waals surface area (Å²) < 4.78 is 15.7. The Morgan fingerprint density at radius 3 is 2.93 bits per heavy atom. The highest BCUT2D eigenvalue weighted by atomic mass is 16.5. The van der Waals surface area contributed by atoms with Gasteiger partial charge in [0.2, 0.25) is 5.89 Å². The molecule has 1 amide bonds. The molecular weight excluding hydrogens is 350 g/mol. The van der Waals surface area contributed by atoms with Gasteiger partial charge >= 0.3 is 5.97 Å². The molecule has 4 rings (SSSR count). The molecule has 8 heteroatoms. The van der Waals surface area contributed by atoms with Gasteiger partial charge in [-0.3, -0.25) is 9.59 Å². The maximum Gasteiger partial charge on any atom is 0.306 e. The van der Waals surface area contributed by atoms with Gasteiger partial charge in [-0.1, -0.05) is 23.4 Å². The van der Waals surface area contributed by atoms with Gasteiger partial charge in [0, 0.05) is 24.3 Å². The van der Waals surface area contributed by atoms with E-state index in [4.69, 9.17) is 14.0 Å². The van der Waals surface area contributed by atoms with Crippen LogP contribution in [0.4, 0.5) is 0 Å². The highest BCUT2D eigenvalue weighted by Crippen LogP contribution is 2.38. The lowest BCUT2D eigenvalue weighted by Gasteiger charge is -2.26. The number of rotatable bonds is 7. The van der Waals surface area contributed by atoms with Crippen molar-refractivity contribution >= 4 is 11.9 Å². The van der Waals surface area contributed by atoms with Gasteiger partial charge in [-0.05, 0) is 18.9 Å². The van der Waals surface area contributed by atoms with Gasteiger partial charge in [0.15, 0.2) is 12.4 Å². The monoisotopic (exact) mass is 371 g/mol. The summed E-state index contributed by atoms with van der Waals surface area (Å²) >= 11 is 0. The molecule has 0 radical (unpaired) electrons. The number of carbonyl (C=O) groups excluding carboxylic acids is 2. The maximum absolute atomic E-state index is 12.1. The first-order valence-corrected chi connectivity index (χ1v) is 9.18. The van der Waals surface area contributed by atoms with Crippen LogP contribution in [0.1, 0.15) is 54.9 Å². The third kappa shape index (κ3) is 4.45. The van der Waals surface area contributed by atoms with Crippen molar-refractivity contribution in [3.8, 4) is 5.75 Å². The van der Waals surface area contributed by atoms with Crippen LogP contribution < -0.4 is 10.1 Å². The predicted molar refractivity (Wildman–Crippen MR) is 93.0 cm³/mol. The van der Waals surface area contributed by atoms with Crippen molar-refractivity contribution in [1.82, 2.24) is 15.5 Å². The first-order chi connectivity index (χ1) is 13.2. The third-order valence-electron chi connectivity index (χ3n) is 4.63. The molecule has 1 atom stereocenters. The van der Waals surface area contributed by atoms with E-state index < -0.39 is 5.97 Å². The molecule has 27 heavy (non-hydrogen) atoms. The number of nitrogens with zero attached hydrogens (tertiary/aromatic N) is 2. The predicted octanol–water partition coefficient (Wildman–Crippen LogP) is 2.06. The van der Waals surface area contributed by atoms with E-state index >= 15 is 0 Å². The van der Waals surface area contributed by atoms with Crippen LogP contribution in [0.5, 0.6) is 5.75 Å². The number of amides is 1. The van der Waals surface area contributed by atoms with Crippen LogP contribution in [0.2, 0.25) is 0 Å². The maximum atomic E-state index is 12.1. The normalized spacial score (nSPS) is 18.3. The fraction of sp³-hybridized carbons (Fsp3) is 0.474. The smallest absolute Gasteiger partial charge is 0.306 e. The lowest BCUT2D eigenvalue weighted by molar-refractivity contribution is -0.148. The van der Waals surface area contributed by atoms with Crippen LogP contribution >= 0.6 is 0 Å². The number of para-hydroxylation sites is 1. The highest BCUT2D eigenvalue weighted by molar-refractivity contribution is 5.81. The Kier molecular flexibility index (Phi) is 5.04. The first kappa shape index (κ1) is 17.5. The van der Waals surface area contributed by atoms with Gasteiger partial charge in [-0.15, -0.1) is 0 Å².